The fourth-order valence-corrected chi connectivity index (χ4v) is 19.1. The van der Waals surface area contributed by atoms with Gasteiger partial charge in [-0.05, 0) is 97.1 Å². The van der Waals surface area contributed by atoms with Crippen LogP contribution in [0.4, 0.5) is 0 Å². The molecule has 1 heterocycles. The Morgan fingerprint density at radius 3 is 0.922 bits per heavy atom. The molecule has 0 saturated heterocycles. The van der Waals surface area contributed by atoms with Gasteiger partial charge in [0.1, 0.15) is 0 Å². The number of unbranched alkanes of at least 4 members (excludes halogenated alkanes) is 29. The molecule has 0 atom stereocenters. The van der Waals surface area contributed by atoms with Crippen molar-refractivity contribution in [3.8, 4) is 0 Å². The first kappa shape index (κ1) is 75.4. The summed E-state index contributed by atoms with van der Waals surface area (Å²) in [5.41, 5.74) is 24.6. The van der Waals surface area contributed by atoms with Gasteiger partial charge in [-0.1, -0.05) is 297 Å². The van der Waals surface area contributed by atoms with Crippen molar-refractivity contribution in [3.63, 3.8) is 0 Å². The van der Waals surface area contributed by atoms with Gasteiger partial charge < -0.3 is 19.4 Å². The monoisotopic (exact) mass is 1140 g/mol. The number of nitrogens with zero attached hydrogens (tertiary/aromatic N) is 2. The number of allylic oxidation sites excluding steroid dienone is 2. The minimum Gasteiger partial charge on any atom is -0.493 e. The van der Waals surface area contributed by atoms with Crippen LogP contribution in [0.5, 0.6) is 0 Å². The minimum atomic E-state index is -1.42. The predicted octanol–water partition coefficient (Wildman–Crippen LogP) is 25.4. The van der Waals surface area contributed by atoms with E-state index in [1.54, 1.807) is 18.5 Å². The van der Waals surface area contributed by atoms with Gasteiger partial charge in [0.05, 0.1) is 16.1 Å². The maximum absolute atomic E-state index is 12.7. The second-order valence-electron chi connectivity index (χ2n) is 23.8. The Hall–Kier alpha value is -1.55. The topological polar surface area (TPSA) is 25.3 Å². The molecule has 0 radical (unpaired) electrons. The summed E-state index contributed by atoms with van der Waals surface area (Å²) >= 11 is 0. The Bertz CT molecular complexity index is 1770. The first-order valence-corrected chi connectivity index (χ1v) is 39.5. The standard InChI is InChI=1S/C68H120N2Si2.2C2H5.Ni/c1-10-19-22-24-26-28-30-32-34-36-38-40-42-44-46-48-60-51-62(58-71(13-4,14-5)15-6)55-65(53-60)67-57-64(50-21-12-3)68(70(67)69)66-54-61(52-63(56-66)59-72(16-7,17-8)18-9)49-47-45-43-41-39-37-35-33-31-29-27-25-23-20-11-2;2*1-2;/h51-57H,10-50,58-59H2,1-9H3;2*1H2,2H3;/q;2*-1;+2. The van der Waals surface area contributed by atoms with E-state index in [1.807, 2.05) is 0 Å². The molecule has 0 amide bonds. The van der Waals surface area contributed by atoms with E-state index in [-0.39, 0.29) is 16.5 Å². The zero-order valence-corrected chi connectivity index (χ0v) is 56.6. The van der Waals surface area contributed by atoms with Gasteiger partial charge in [0.2, 0.25) is 11.4 Å². The van der Waals surface area contributed by atoms with E-state index in [0.29, 0.717) is 0 Å². The molecule has 0 N–H and O–H groups in total. The molecular formula is C72H130N2NiSi2. The van der Waals surface area contributed by atoms with Crippen LogP contribution in [0, 0.1) is 13.8 Å². The number of aryl methyl sites for hydroxylation is 2. The third-order valence-electron chi connectivity index (χ3n) is 18.3. The van der Waals surface area contributed by atoms with Crippen LogP contribution in [0.2, 0.25) is 36.3 Å². The molecule has 0 fully saturated rings. The number of benzene rings is 2. The first-order valence-electron chi connectivity index (χ1n) is 33.8. The van der Waals surface area contributed by atoms with Crippen molar-refractivity contribution in [1.29, 1.82) is 0 Å². The van der Waals surface area contributed by atoms with Crippen LogP contribution in [0.1, 0.15) is 321 Å². The zero-order chi connectivity index (χ0) is 56.1. The molecule has 2 aromatic rings. The summed E-state index contributed by atoms with van der Waals surface area (Å²) < 4.78 is 1.66. The van der Waals surface area contributed by atoms with Gasteiger partial charge in [-0.25, -0.2) is 4.70 Å². The molecule has 5 heteroatoms. The maximum Gasteiger partial charge on any atom is 2.00 e. The number of hydrogen-bond acceptors (Lipinski definition) is 0. The van der Waals surface area contributed by atoms with Crippen molar-refractivity contribution >= 4 is 27.5 Å². The molecule has 2 aromatic carbocycles. The van der Waals surface area contributed by atoms with Crippen LogP contribution in [0.25, 0.3) is 16.9 Å². The van der Waals surface area contributed by atoms with E-state index < -0.39 is 16.1 Å². The summed E-state index contributed by atoms with van der Waals surface area (Å²) in [6.45, 7) is 31.7. The molecule has 0 spiro atoms. The number of rotatable bonds is 47. The average Bonchev–Trinajstić information content (AvgIpc) is 3.81. The summed E-state index contributed by atoms with van der Waals surface area (Å²) in [4.78, 5) is 0. The molecule has 0 unspecified atom stereocenters. The Balaban J connectivity index is 0.0000113. The molecule has 1 aliphatic heterocycles. The summed E-state index contributed by atoms with van der Waals surface area (Å²) in [6.07, 6.45) is 50.1. The molecule has 2 nitrogen and oxygen atoms in total. The minimum absolute atomic E-state index is 0. The van der Waals surface area contributed by atoms with Gasteiger partial charge in [-0.2, -0.15) is 13.8 Å². The fraction of sp³-hybridized carbons (Fsp3) is 0.750. The van der Waals surface area contributed by atoms with E-state index in [9.17, 15) is 5.53 Å². The smallest absolute Gasteiger partial charge is 0.493 e. The van der Waals surface area contributed by atoms with Gasteiger partial charge >= 0.3 is 16.5 Å². The van der Waals surface area contributed by atoms with Crippen LogP contribution >= 0.6 is 0 Å². The van der Waals surface area contributed by atoms with Crippen LogP contribution in [-0.4, -0.2) is 20.8 Å². The Morgan fingerprint density at radius 2 is 0.610 bits per heavy atom. The molecule has 3 rings (SSSR count). The van der Waals surface area contributed by atoms with Gasteiger partial charge in [0, 0.05) is 22.8 Å². The van der Waals surface area contributed by atoms with Crippen molar-refractivity contribution in [2.45, 2.75) is 349 Å². The van der Waals surface area contributed by atoms with E-state index in [4.69, 9.17) is 0 Å². The zero-order valence-electron chi connectivity index (χ0n) is 53.6. The fourth-order valence-electron chi connectivity index (χ4n) is 12.4. The molecule has 1 aliphatic rings. The SMILES string of the molecule is CCCCCCCCCCCCCCCCCc1cc(C[Si](CC)(CC)CC)cc(C2=CC(CCCC)=C(c3cc(CCCCCCCCCCCCCCCCC)cc(C[Si](CC)(CC)CC)c3)[N+]2=[N-])c1.[CH2-]C.[CH2-]C.[Ni+2]. The summed E-state index contributed by atoms with van der Waals surface area (Å²) in [5.74, 6) is 0. The van der Waals surface area contributed by atoms with E-state index >= 15 is 0 Å². The van der Waals surface area contributed by atoms with Crippen molar-refractivity contribution in [1.82, 2.24) is 0 Å². The predicted molar refractivity (Wildman–Crippen MR) is 352 cm³/mol. The molecule has 0 aliphatic carbocycles. The van der Waals surface area contributed by atoms with Gasteiger partial charge in [0.25, 0.3) is 0 Å². The Labute approximate surface area is 495 Å². The van der Waals surface area contributed by atoms with Gasteiger partial charge in [-0.3, -0.25) is 0 Å². The third-order valence-corrected chi connectivity index (χ3v) is 29.6. The summed E-state index contributed by atoms with van der Waals surface area (Å²) in [6, 6.07) is 25.7. The van der Waals surface area contributed by atoms with Crippen LogP contribution in [-0.2, 0) is 41.4 Å². The second kappa shape index (κ2) is 49.1. The van der Waals surface area contributed by atoms with Crippen molar-refractivity contribution in [3.05, 3.63) is 101 Å². The maximum atomic E-state index is 12.7. The van der Waals surface area contributed by atoms with Gasteiger partial charge in [0.15, 0.2) is 0 Å². The van der Waals surface area contributed by atoms with Crippen molar-refractivity contribution in [2.24, 2.45) is 0 Å². The normalized spacial score (nSPS) is 12.6. The number of hydrogen-bond donors (Lipinski definition) is 0. The summed E-state index contributed by atoms with van der Waals surface area (Å²) in [5, 5.41) is 0. The van der Waals surface area contributed by atoms with Crippen molar-refractivity contribution < 1.29 is 21.2 Å². The van der Waals surface area contributed by atoms with E-state index in [0.717, 1.165) is 43.5 Å². The second-order valence-corrected chi connectivity index (χ2v) is 34.7. The molecular weight excluding hydrogens is 1010 g/mol. The Morgan fingerprint density at radius 1 is 0.338 bits per heavy atom. The van der Waals surface area contributed by atoms with Crippen LogP contribution in [0.3, 0.4) is 0 Å². The first-order chi connectivity index (χ1) is 37.2. The van der Waals surface area contributed by atoms with E-state index in [2.05, 4.69) is 119 Å². The molecule has 77 heavy (non-hydrogen) atoms. The molecule has 0 aromatic heterocycles. The van der Waals surface area contributed by atoms with E-state index in [1.165, 1.54) is 280 Å². The van der Waals surface area contributed by atoms with Gasteiger partial charge in [-0.15, -0.1) is 0 Å². The third kappa shape index (κ3) is 30.9. The molecule has 446 valence electrons. The largest absolute Gasteiger partial charge is 2.00 e. The van der Waals surface area contributed by atoms with Crippen molar-refractivity contribution in [2.75, 3.05) is 0 Å². The van der Waals surface area contributed by atoms with Crippen LogP contribution < -0.4 is 0 Å². The molecule has 0 saturated carbocycles. The average molecular weight is 1140 g/mol. The summed E-state index contributed by atoms with van der Waals surface area (Å²) in [7, 11) is -2.83. The van der Waals surface area contributed by atoms with Crippen LogP contribution in [0.15, 0.2) is 48.0 Å². The molecule has 0 bridgehead atoms. The Kier molecular flexibility index (Phi) is 48.1. The quantitative estimate of drug-likeness (QED) is 0.0273.